The number of halogens is 1. The Balaban J connectivity index is 1.69. The molecule has 0 atom stereocenters. The number of nitrogens with one attached hydrogen (secondary N) is 2. The van der Waals surface area contributed by atoms with Gasteiger partial charge in [-0.1, -0.05) is 37.3 Å². The molecule has 0 unspecified atom stereocenters. The van der Waals surface area contributed by atoms with E-state index >= 15 is 0 Å². The second-order valence-electron chi connectivity index (χ2n) is 9.03. The molecule has 6 nitrogen and oxygen atoms in total. The summed E-state index contributed by atoms with van der Waals surface area (Å²) in [6.45, 7) is 3.36. The van der Waals surface area contributed by atoms with Crippen LogP contribution in [0.2, 0.25) is 0 Å². The molecule has 0 saturated heterocycles. The van der Waals surface area contributed by atoms with Crippen molar-refractivity contribution in [2.45, 2.75) is 19.8 Å². The van der Waals surface area contributed by atoms with Crippen LogP contribution in [0.5, 0.6) is 0 Å². The van der Waals surface area contributed by atoms with Gasteiger partial charge in [0.1, 0.15) is 5.82 Å². The number of amides is 2. The van der Waals surface area contributed by atoms with E-state index in [0.29, 0.717) is 35.5 Å². The van der Waals surface area contributed by atoms with Crippen LogP contribution in [0.25, 0.3) is 11.3 Å². The summed E-state index contributed by atoms with van der Waals surface area (Å²) in [5.41, 5.74) is 4.59. The number of rotatable bonds is 9. The molecule has 186 valence electrons. The molecule has 0 fully saturated rings. The van der Waals surface area contributed by atoms with Crippen molar-refractivity contribution in [3.05, 3.63) is 89.7 Å². The zero-order valence-electron chi connectivity index (χ0n) is 20.8. The Bertz CT molecular complexity index is 1270. The molecule has 3 aromatic carbocycles. The first-order chi connectivity index (χ1) is 17.4. The van der Waals surface area contributed by atoms with Crippen LogP contribution in [0.4, 0.5) is 21.5 Å². The first-order valence-corrected chi connectivity index (χ1v) is 12.1. The lowest BCUT2D eigenvalue weighted by Gasteiger charge is -2.25. The Morgan fingerprint density at radius 2 is 1.69 bits per heavy atom. The van der Waals surface area contributed by atoms with Crippen LogP contribution < -0.4 is 15.5 Å². The van der Waals surface area contributed by atoms with Crippen molar-refractivity contribution in [3.8, 4) is 0 Å². The van der Waals surface area contributed by atoms with E-state index in [1.165, 1.54) is 12.1 Å². The molecule has 1 heterocycles. The van der Waals surface area contributed by atoms with Crippen molar-refractivity contribution in [1.29, 1.82) is 0 Å². The molecular formula is C29H31FN4O2. The Kier molecular flexibility index (Phi) is 7.80. The fraction of sp³-hybridized carbons (Fsp3) is 0.241. The first-order valence-electron chi connectivity index (χ1n) is 12.1. The van der Waals surface area contributed by atoms with E-state index in [9.17, 15) is 14.0 Å². The lowest BCUT2D eigenvalue weighted by molar-refractivity contribution is -0.118. The van der Waals surface area contributed by atoms with Gasteiger partial charge in [0, 0.05) is 36.4 Å². The zero-order chi connectivity index (χ0) is 25.7. The predicted octanol–water partition coefficient (Wildman–Crippen LogP) is 5.45. The zero-order valence-corrected chi connectivity index (χ0v) is 20.8. The largest absolute Gasteiger partial charge is 0.354 e. The molecule has 0 bridgehead atoms. The molecule has 36 heavy (non-hydrogen) atoms. The van der Waals surface area contributed by atoms with Crippen LogP contribution in [0.3, 0.4) is 0 Å². The number of likely N-dealkylation sites (N-methyl/N-ethyl adjacent to an activating group) is 1. The number of carbonyl (C=O) groups is 2. The summed E-state index contributed by atoms with van der Waals surface area (Å²) in [5, 5.41) is 6.18. The highest BCUT2D eigenvalue weighted by atomic mass is 19.1. The summed E-state index contributed by atoms with van der Waals surface area (Å²) in [5.74, 6) is -0.603. The molecule has 3 aromatic rings. The van der Waals surface area contributed by atoms with Gasteiger partial charge in [-0.25, -0.2) is 4.39 Å². The minimum atomic E-state index is -0.406. The van der Waals surface area contributed by atoms with Crippen molar-refractivity contribution in [1.82, 2.24) is 4.90 Å². The molecule has 7 heteroatoms. The molecule has 0 radical (unpaired) electrons. The van der Waals surface area contributed by atoms with Gasteiger partial charge in [0.25, 0.3) is 5.91 Å². The molecule has 0 spiro atoms. The summed E-state index contributed by atoms with van der Waals surface area (Å²) in [6, 6.07) is 21.5. The summed E-state index contributed by atoms with van der Waals surface area (Å²) < 4.78 is 13.8. The highest BCUT2D eigenvalue weighted by molar-refractivity contribution is 6.37. The smallest absolute Gasteiger partial charge is 0.258 e. The highest BCUT2D eigenvalue weighted by Crippen LogP contribution is 2.38. The average molecular weight is 487 g/mol. The summed E-state index contributed by atoms with van der Waals surface area (Å²) >= 11 is 0. The Hall–Kier alpha value is -3.97. The third-order valence-corrected chi connectivity index (χ3v) is 6.02. The van der Waals surface area contributed by atoms with Crippen molar-refractivity contribution >= 4 is 40.1 Å². The Morgan fingerprint density at radius 1 is 0.972 bits per heavy atom. The molecule has 2 amide bonds. The maximum absolute atomic E-state index is 13.8. The monoisotopic (exact) mass is 486 g/mol. The van der Waals surface area contributed by atoms with Crippen LogP contribution >= 0.6 is 0 Å². The van der Waals surface area contributed by atoms with Crippen LogP contribution in [-0.4, -0.2) is 43.9 Å². The molecule has 0 aliphatic carbocycles. The van der Waals surface area contributed by atoms with Crippen LogP contribution in [-0.2, 0) is 9.59 Å². The second-order valence-corrected chi connectivity index (χ2v) is 9.03. The number of fused-ring (bicyclic) bond motifs is 1. The van der Waals surface area contributed by atoms with E-state index in [2.05, 4.69) is 15.5 Å². The van der Waals surface area contributed by atoms with Crippen LogP contribution in [0.1, 0.15) is 30.9 Å². The number of carbonyl (C=O) groups excluding carboxylic acids is 2. The minimum Gasteiger partial charge on any atom is -0.354 e. The van der Waals surface area contributed by atoms with E-state index in [-0.39, 0.29) is 11.8 Å². The molecule has 4 rings (SSSR count). The first kappa shape index (κ1) is 25.1. The van der Waals surface area contributed by atoms with Crippen LogP contribution in [0.15, 0.2) is 72.8 Å². The lowest BCUT2D eigenvalue weighted by Crippen LogP contribution is -2.36. The fourth-order valence-corrected chi connectivity index (χ4v) is 4.19. The molecule has 1 aliphatic heterocycles. The fourth-order valence-electron chi connectivity index (χ4n) is 4.19. The predicted molar refractivity (Wildman–Crippen MR) is 144 cm³/mol. The number of benzene rings is 3. The van der Waals surface area contributed by atoms with Crippen molar-refractivity contribution in [2.75, 3.05) is 42.7 Å². The highest BCUT2D eigenvalue weighted by Gasteiger charge is 2.28. The summed E-state index contributed by atoms with van der Waals surface area (Å²) in [7, 11) is 3.97. The SMILES string of the molecule is CCCC(=O)N(CCN(C)C)c1ccc(NC(=C2C(=O)Nc3cc(F)ccc32)c2ccccc2)cc1. The third-order valence-electron chi connectivity index (χ3n) is 6.02. The van der Waals surface area contributed by atoms with Gasteiger partial charge in [-0.05, 0) is 68.5 Å². The van der Waals surface area contributed by atoms with Gasteiger partial charge in [0.05, 0.1) is 17.0 Å². The maximum Gasteiger partial charge on any atom is 0.258 e. The summed E-state index contributed by atoms with van der Waals surface area (Å²) in [4.78, 5) is 29.6. The average Bonchev–Trinajstić information content (AvgIpc) is 3.18. The Labute approximate surface area is 211 Å². The normalized spacial score (nSPS) is 13.9. The quantitative estimate of drug-likeness (QED) is 0.395. The topological polar surface area (TPSA) is 64.7 Å². The van der Waals surface area contributed by atoms with Gasteiger partial charge in [-0.3, -0.25) is 9.59 Å². The number of hydrogen-bond donors (Lipinski definition) is 2. The maximum atomic E-state index is 13.8. The van der Waals surface area contributed by atoms with Gasteiger partial charge in [-0.15, -0.1) is 0 Å². The lowest BCUT2D eigenvalue weighted by atomic mass is 10.00. The van der Waals surface area contributed by atoms with E-state index in [1.54, 1.807) is 6.07 Å². The van der Waals surface area contributed by atoms with E-state index in [0.717, 1.165) is 29.9 Å². The number of anilines is 3. The van der Waals surface area contributed by atoms with Gasteiger partial charge >= 0.3 is 0 Å². The van der Waals surface area contributed by atoms with E-state index in [1.807, 2.05) is 80.5 Å². The number of nitrogens with zero attached hydrogens (tertiary/aromatic N) is 2. The van der Waals surface area contributed by atoms with E-state index < -0.39 is 5.82 Å². The standard InChI is InChI=1S/C29H31FN4O2/c1-4-8-26(35)34(18-17-33(2)3)23-14-12-22(13-15-23)31-28(20-9-6-5-7-10-20)27-24-16-11-21(30)19-25(24)32-29(27)36/h5-7,9-16,19,31H,4,8,17-18H2,1-3H3,(H,32,36). The Morgan fingerprint density at radius 3 is 2.36 bits per heavy atom. The van der Waals surface area contributed by atoms with Gasteiger partial charge in [0.2, 0.25) is 5.91 Å². The van der Waals surface area contributed by atoms with Crippen LogP contribution in [0, 0.1) is 5.82 Å². The van der Waals surface area contributed by atoms with E-state index in [4.69, 9.17) is 0 Å². The van der Waals surface area contributed by atoms with Crippen molar-refractivity contribution in [2.24, 2.45) is 0 Å². The summed E-state index contributed by atoms with van der Waals surface area (Å²) in [6.07, 6.45) is 1.28. The minimum absolute atomic E-state index is 0.0959. The van der Waals surface area contributed by atoms with Crippen molar-refractivity contribution < 1.29 is 14.0 Å². The van der Waals surface area contributed by atoms with Gasteiger partial charge < -0.3 is 20.4 Å². The molecular weight excluding hydrogens is 455 g/mol. The van der Waals surface area contributed by atoms with Gasteiger partial charge in [0.15, 0.2) is 0 Å². The molecule has 1 aliphatic rings. The third kappa shape index (κ3) is 5.63. The molecule has 2 N–H and O–H groups in total. The molecule has 0 saturated carbocycles. The van der Waals surface area contributed by atoms with Gasteiger partial charge in [-0.2, -0.15) is 0 Å². The number of hydrogen-bond acceptors (Lipinski definition) is 4. The molecule has 0 aromatic heterocycles. The second kappa shape index (κ2) is 11.2. The van der Waals surface area contributed by atoms with Crippen molar-refractivity contribution in [3.63, 3.8) is 0 Å².